The lowest BCUT2D eigenvalue weighted by Gasteiger charge is -2.61. The van der Waals surface area contributed by atoms with E-state index in [1.807, 2.05) is 0 Å². The molecule has 5 aliphatic carbocycles. The van der Waals surface area contributed by atoms with Gasteiger partial charge in [-0.3, -0.25) is 0 Å². The minimum atomic E-state index is 0.169. The Bertz CT molecular complexity index is 1640. The number of fused-ring (bicyclic) bond motifs is 10. The summed E-state index contributed by atoms with van der Waals surface area (Å²) in [6.45, 7) is 0. The molecule has 5 aromatic carbocycles. The fourth-order valence-electron chi connectivity index (χ4n) is 9.65. The molecule has 4 saturated carbocycles. The van der Waals surface area contributed by atoms with Gasteiger partial charge in [0.1, 0.15) is 0 Å². The molecule has 0 N–H and O–H groups in total. The maximum atomic E-state index is 2.48. The summed E-state index contributed by atoms with van der Waals surface area (Å²) in [6.07, 6.45) is 7.20. The van der Waals surface area contributed by atoms with Crippen LogP contribution in [0.3, 0.4) is 0 Å². The maximum Gasteiger partial charge on any atom is 0.0284 e. The van der Waals surface area contributed by atoms with Gasteiger partial charge in [-0.25, -0.2) is 0 Å². The summed E-state index contributed by atoms with van der Waals surface area (Å²) < 4.78 is 0. The van der Waals surface area contributed by atoms with E-state index in [0.29, 0.717) is 0 Å². The van der Waals surface area contributed by atoms with Gasteiger partial charge in [-0.05, 0) is 110 Å². The van der Waals surface area contributed by atoms with E-state index in [1.54, 1.807) is 16.7 Å². The van der Waals surface area contributed by atoms with Gasteiger partial charge < -0.3 is 0 Å². The molecule has 0 atom stereocenters. The minimum Gasteiger partial charge on any atom is -0.0616 e. The van der Waals surface area contributed by atoms with Crippen molar-refractivity contribution in [2.75, 3.05) is 0 Å². The molecule has 34 heavy (non-hydrogen) atoms. The molecule has 5 aliphatic rings. The van der Waals surface area contributed by atoms with Crippen molar-refractivity contribution in [3.8, 4) is 11.1 Å². The highest BCUT2D eigenvalue weighted by Gasteiger charge is 2.62. The van der Waals surface area contributed by atoms with Gasteiger partial charge in [-0.2, -0.15) is 0 Å². The summed E-state index contributed by atoms with van der Waals surface area (Å²) in [6, 6.07) is 32.7. The lowest BCUT2D eigenvalue weighted by Crippen LogP contribution is -2.55. The molecule has 5 aromatic rings. The molecule has 0 nitrogen and oxygen atoms in total. The average molecular weight is 437 g/mol. The first kappa shape index (κ1) is 18.2. The van der Waals surface area contributed by atoms with Crippen LogP contribution in [0.15, 0.2) is 84.9 Å². The van der Waals surface area contributed by atoms with Gasteiger partial charge in [0.25, 0.3) is 0 Å². The first-order valence-electron chi connectivity index (χ1n) is 13.3. The summed E-state index contributed by atoms with van der Waals surface area (Å²) in [5.74, 6) is 3.47. The van der Waals surface area contributed by atoms with Crippen molar-refractivity contribution >= 4 is 32.3 Å². The van der Waals surface area contributed by atoms with Crippen LogP contribution in [0.5, 0.6) is 0 Å². The van der Waals surface area contributed by atoms with E-state index in [2.05, 4.69) is 84.9 Å². The van der Waals surface area contributed by atoms with Crippen LogP contribution in [-0.2, 0) is 5.41 Å². The fraction of sp³-hybridized carbons (Fsp3) is 0.294. The van der Waals surface area contributed by atoms with Crippen LogP contribution < -0.4 is 0 Å². The van der Waals surface area contributed by atoms with Crippen LogP contribution in [0.1, 0.15) is 43.2 Å². The normalized spacial score (nSPS) is 30.5. The van der Waals surface area contributed by atoms with Crippen molar-refractivity contribution in [1.29, 1.82) is 0 Å². The predicted molar refractivity (Wildman–Crippen MR) is 142 cm³/mol. The van der Waals surface area contributed by atoms with Crippen molar-refractivity contribution in [3.05, 3.63) is 96.1 Å². The summed E-state index contributed by atoms with van der Waals surface area (Å²) in [5.41, 5.74) is 6.64. The molecule has 0 unspecified atom stereocenters. The molecule has 1 spiro atoms. The van der Waals surface area contributed by atoms with Crippen LogP contribution >= 0.6 is 0 Å². The van der Waals surface area contributed by atoms with Crippen molar-refractivity contribution in [2.45, 2.75) is 37.5 Å². The van der Waals surface area contributed by atoms with E-state index in [0.717, 1.165) is 23.7 Å². The lowest BCUT2D eigenvalue weighted by atomic mass is 9.42. The fourth-order valence-corrected chi connectivity index (χ4v) is 9.65. The first-order valence-corrected chi connectivity index (χ1v) is 13.3. The van der Waals surface area contributed by atoms with E-state index >= 15 is 0 Å². The molecule has 0 saturated heterocycles. The highest BCUT2D eigenvalue weighted by atomic mass is 14.7. The van der Waals surface area contributed by atoms with E-state index in [9.17, 15) is 0 Å². The van der Waals surface area contributed by atoms with Crippen molar-refractivity contribution in [2.24, 2.45) is 23.7 Å². The predicted octanol–water partition coefficient (Wildman–Crippen LogP) is 8.87. The van der Waals surface area contributed by atoms with Gasteiger partial charge in [0.05, 0.1) is 0 Å². The Labute approximate surface area is 200 Å². The Balaban J connectivity index is 1.55. The molecular weight excluding hydrogens is 408 g/mol. The van der Waals surface area contributed by atoms with E-state index in [1.165, 1.54) is 70.0 Å². The Morgan fingerprint density at radius 1 is 0.471 bits per heavy atom. The SMILES string of the molecule is c1ccc2c3c(ccc2c1)-c1c(c2ccccc2c2ccccc12)C31C2CC3CC(C2)CC1C3. The Morgan fingerprint density at radius 2 is 1.03 bits per heavy atom. The van der Waals surface area contributed by atoms with E-state index in [4.69, 9.17) is 0 Å². The Morgan fingerprint density at radius 3 is 1.74 bits per heavy atom. The van der Waals surface area contributed by atoms with Crippen LogP contribution in [0.4, 0.5) is 0 Å². The summed E-state index contributed by atoms with van der Waals surface area (Å²) in [5, 5.41) is 8.76. The Hall–Kier alpha value is -3.12. The second-order valence-electron chi connectivity index (χ2n) is 11.7. The molecule has 0 aliphatic heterocycles. The van der Waals surface area contributed by atoms with Crippen LogP contribution in [0.25, 0.3) is 43.4 Å². The number of hydrogen-bond donors (Lipinski definition) is 0. The van der Waals surface area contributed by atoms with Crippen LogP contribution in [0.2, 0.25) is 0 Å². The molecule has 4 fully saturated rings. The molecule has 0 heteroatoms. The second-order valence-corrected chi connectivity index (χ2v) is 11.7. The van der Waals surface area contributed by atoms with Crippen LogP contribution in [-0.4, -0.2) is 0 Å². The number of benzene rings is 5. The third kappa shape index (κ3) is 1.97. The minimum absolute atomic E-state index is 0.169. The molecule has 164 valence electrons. The van der Waals surface area contributed by atoms with Gasteiger partial charge in [0.15, 0.2) is 0 Å². The smallest absolute Gasteiger partial charge is 0.0284 e. The maximum absolute atomic E-state index is 2.48. The molecule has 0 radical (unpaired) electrons. The summed E-state index contributed by atoms with van der Waals surface area (Å²) >= 11 is 0. The zero-order chi connectivity index (χ0) is 22.0. The highest BCUT2D eigenvalue weighted by molar-refractivity contribution is 6.19. The van der Waals surface area contributed by atoms with Crippen LogP contribution in [0, 0.1) is 23.7 Å². The van der Waals surface area contributed by atoms with Gasteiger partial charge in [-0.15, -0.1) is 0 Å². The van der Waals surface area contributed by atoms with Gasteiger partial charge in [0, 0.05) is 5.41 Å². The molecule has 10 rings (SSSR count). The molecule has 0 heterocycles. The van der Waals surface area contributed by atoms with Gasteiger partial charge in [-0.1, -0.05) is 84.9 Å². The topological polar surface area (TPSA) is 0 Å². The lowest BCUT2D eigenvalue weighted by molar-refractivity contribution is -0.0387. The van der Waals surface area contributed by atoms with E-state index < -0.39 is 0 Å². The number of hydrogen-bond acceptors (Lipinski definition) is 0. The second kappa shape index (κ2) is 6.11. The summed E-state index contributed by atoms with van der Waals surface area (Å²) in [7, 11) is 0. The zero-order valence-corrected chi connectivity index (χ0v) is 19.4. The molecule has 4 bridgehead atoms. The van der Waals surface area contributed by atoms with Gasteiger partial charge in [0.2, 0.25) is 0 Å². The number of rotatable bonds is 0. The quantitative estimate of drug-likeness (QED) is 0.213. The summed E-state index contributed by atoms with van der Waals surface area (Å²) in [4.78, 5) is 0. The largest absolute Gasteiger partial charge is 0.0616 e. The average Bonchev–Trinajstić information content (AvgIpc) is 3.20. The van der Waals surface area contributed by atoms with Gasteiger partial charge >= 0.3 is 0 Å². The Kier molecular flexibility index (Phi) is 3.28. The standard InChI is InChI=1S/C34H28/c1-2-8-25-22(7-1)13-14-30-31-28-11-5-3-9-26(28)27-10-4-6-12-29(27)33(31)34(32(25)30)23-16-20-15-21(18-23)19-24(34)17-20/h1-14,20-21,23-24H,15-19H2. The van der Waals surface area contributed by atoms with Crippen molar-refractivity contribution < 1.29 is 0 Å². The van der Waals surface area contributed by atoms with E-state index in [-0.39, 0.29) is 5.41 Å². The first-order chi connectivity index (χ1) is 16.8. The highest BCUT2D eigenvalue weighted by Crippen LogP contribution is 2.71. The van der Waals surface area contributed by atoms with Crippen molar-refractivity contribution in [1.82, 2.24) is 0 Å². The van der Waals surface area contributed by atoms with Crippen molar-refractivity contribution in [3.63, 3.8) is 0 Å². The zero-order valence-electron chi connectivity index (χ0n) is 19.4. The third-order valence-electron chi connectivity index (χ3n) is 10.4. The molecule has 0 aromatic heterocycles. The molecule has 0 amide bonds. The third-order valence-corrected chi connectivity index (χ3v) is 10.4. The molecular formula is C34H28. The monoisotopic (exact) mass is 436 g/mol.